The highest BCUT2D eigenvalue weighted by molar-refractivity contribution is 7.25. The fourth-order valence-corrected chi connectivity index (χ4v) is 12.0. The lowest BCUT2D eigenvalue weighted by Gasteiger charge is -2.15. The lowest BCUT2D eigenvalue weighted by atomic mass is 9.88. The Morgan fingerprint density at radius 2 is 0.600 bits per heavy atom. The molecule has 0 amide bonds. The van der Waals surface area contributed by atoms with E-state index >= 15 is 0 Å². The highest BCUT2D eigenvalue weighted by atomic mass is 32.1. The molecule has 13 rings (SSSR count). The predicted molar refractivity (Wildman–Crippen MR) is 222 cm³/mol. The van der Waals surface area contributed by atoms with Crippen LogP contribution in [0.15, 0.2) is 146 Å². The molecule has 50 heavy (non-hydrogen) atoms. The SMILES string of the molecule is c1cc2ccc3ccc(-c4sc5cccc6c7c(-c8ccc9ccc%10cccc%11ccc8c9c%10%11)sc8cccc(c4c56)c87)c4ccc(c1)c2c34. The molecule has 0 radical (unpaired) electrons. The molecule has 0 nitrogen and oxygen atoms in total. The van der Waals surface area contributed by atoms with Crippen LogP contribution in [0, 0.1) is 0 Å². The van der Waals surface area contributed by atoms with Gasteiger partial charge < -0.3 is 0 Å². The third-order valence-corrected chi connectivity index (χ3v) is 13.9. The second kappa shape index (κ2) is 9.05. The maximum absolute atomic E-state index is 2.38. The van der Waals surface area contributed by atoms with Gasteiger partial charge in [0, 0.05) is 51.8 Å². The molecule has 0 unspecified atom stereocenters. The summed E-state index contributed by atoms with van der Waals surface area (Å²) < 4.78 is 2.71. The highest BCUT2D eigenvalue weighted by Gasteiger charge is 2.25. The first-order valence-corrected chi connectivity index (χ1v) is 18.9. The summed E-state index contributed by atoms with van der Waals surface area (Å²) in [4.78, 5) is 2.75. The van der Waals surface area contributed by atoms with E-state index in [1.165, 1.54) is 127 Å². The first-order valence-electron chi connectivity index (χ1n) is 17.3. The van der Waals surface area contributed by atoms with Crippen LogP contribution in [0.2, 0.25) is 0 Å². The summed E-state index contributed by atoms with van der Waals surface area (Å²) >= 11 is 3.91. The molecule has 11 aromatic carbocycles. The van der Waals surface area contributed by atoms with Crippen LogP contribution in [-0.2, 0) is 0 Å². The van der Waals surface area contributed by atoms with E-state index in [0.717, 1.165) is 0 Å². The van der Waals surface area contributed by atoms with E-state index in [2.05, 4.69) is 146 Å². The normalized spacial score (nSPS) is 12.8. The molecule has 0 aliphatic rings. The van der Waals surface area contributed by atoms with Crippen molar-refractivity contribution in [2.24, 2.45) is 0 Å². The maximum atomic E-state index is 2.38. The summed E-state index contributed by atoms with van der Waals surface area (Å²) in [6, 6.07) is 55.3. The van der Waals surface area contributed by atoms with E-state index in [4.69, 9.17) is 0 Å². The largest absolute Gasteiger partial charge is 0.134 e. The molecule has 0 saturated heterocycles. The van der Waals surface area contributed by atoms with Crippen molar-refractivity contribution in [3.63, 3.8) is 0 Å². The first-order chi connectivity index (χ1) is 24.8. The van der Waals surface area contributed by atoms with Crippen LogP contribution < -0.4 is 0 Å². The molecule has 0 aliphatic heterocycles. The van der Waals surface area contributed by atoms with Crippen LogP contribution in [0.5, 0.6) is 0 Å². The zero-order chi connectivity index (χ0) is 32.2. The number of fused-ring (bicyclic) bond motifs is 2. The third kappa shape index (κ3) is 3.09. The summed E-state index contributed by atoms with van der Waals surface area (Å²) in [5, 5.41) is 24.4. The van der Waals surface area contributed by atoms with E-state index in [9.17, 15) is 0 Å². The van der Waals surface area contributed by atoms with Crippen molar-refractivity contribution in [3.05, 3.63) is 146 Å². The van der Waals surface area contributed by atoms with Crippen LogP contribution in [0.3, 0.4) is 0 Å². The minimum absolute atomic E-state index is 1.31. The van der Waals surface area contributed by atoms with Crippen LogP contribution in [-0.4, -0.2) is 0 Å². The summed E-state index contributed by atoms with van der Waals surface area (Å²) in [6.07, 6.45) is 0. The molecule has 0 aliphatic carbocycles. The van der Waals surface area contributed by atoms with Gasteiger partial charge in [-0.3, -0.25) is 0 Å². The summed E-state index contributed by atoms with van der Waals surface area (Å²) in [5.41, 5.74) is 2.67. The molecule has 2 heteroatoms. The van der Waals surface area contributed by atoms with E-state index < -0.39 is 0 Å². The molecule has 0 N–H and O–H groups in total. The van der Waals surface area contributed by atoms with Gasteiger partial charge in [0.2, 0.25) is 0 Å². The van der Waals surface area contributed by atoms with Gasteiger partial charge in [0.15, 0.2) is 0 Å². The van der Waals surface area contributed by atoms with Gasteiger partial charge in [0.25, 0.3) is 0 Å². The quantitative estimate of drug-likeness (QED) is 0.127. The summed E-state index contributed by atoms with van der Waals surface area (Å²) in [6.45, 7) is 0. The second-order valence-corrected chi connectivity index (χ2v) is 16.0. The summed E-state index contributed by atoms with van der Waals surface area (Å²) in [7, 11) is 0. The van der Waals surface area contributed by atoms with Crippen LogP contribution in [0.1, 0.15) is 0 Å². The van der Waals surface area contributed by atoms with E-state index in [1.807, 2.05) is 22.7 Å². The number of thiophene rings is 2. The number of hydrogen-bond acceptors (Lipinski definition) is 2. The Bertz CT molecular complexity index is 3270. The van der Waals surface area contributed by atoms with Crippen molar-refractivity contribution in [1.82, 2.24) is 0 Å². The van der Waals surface area contributed by atoms with Gasteiger partial charge in [-0.05, 0) is 87.5 Å². The average molecular weight is 665 g/mol. The van der Waals surface area contributed by atoms with Gasteiger partial charge in [-0.25, -0.2) is 0 Å². The standard InChI is InChI=1S/C48H24S2/c1-5-25-13-15-29-19-23-33(31-21-17-27(7-1)39(25)41(29)31)47-45-35-9-3-12-38-44(35)46(36-10-4-11-37(49-47)43(36)45)48(50-38)34-24-20-30-16-14-26-6-2-8-28-18-22-32(34)42(30)40(26)28/h1-24H. The van der Waals surface area contributed by atoms with Crippen molar-refractivity contribution in [2.45, 2.75) is 0 Å². The molecule has 2 aromatic heterocycles. The van der Waals surface area contributed by atoms with Crippen molar-refractivity contribution < 1.29 is 0 Å². The Balaban J connectivity index is 1.17. The molecule has 0 spiro atoms. The number of rotatable bonds is 2. The fourth-order valence-electron chi connectivity index (χ4n) is 9.47. The van der Waals surface area contributed by atoms with Crippen LogP contribution in [0.25, 0.3) is 127 Å². The zero-order valence-corrected chi connectivity index (χ0v) is 28.3. The van der Waals surface area contributed by atoms with Crippen molar-refractivity contribution >= 4 is 129 Å². The van der Waals surface area contributed by atoms with E-state index in [1.54, 1.807) is 0 Å². The topological polar surface area (TPSA) is 0 Å². The Labute approximate surface area is 294 Å². The zero-order valence-electron chi connectivity index (χ0n) is 26.7. The van der Waals surface area contributed by atoms with E-state index in [-0.39, 0.29) is 0 Å². The van der Waals surface area contributed by atoms with Gasteiger partial charge in [-0.15, -0.1) is 22.7 Å². The molecule has 0 saturated carbocycles. The van der Waals surface area contributed by atoms with Crippen molar-refractivity contribution in [1.29, 1.82) is 0 Å². The molecule has 2 heterocycles. The molecule has 0 fully saturated rings. The average Bonchev–Trinajstić information content (AvgIpc) is 3.75. The Morgan fingerprint density at radius 1 is 0.240 bits per heavy atom. The fraction of sp³-hybridized carbons (Fsp3) is 0. The lowest BCUT2D eigenvalue weighted by Crippen LogP contribution is -1.87. The molecular weight excluding hydrogens is 641 g/mol. The van der Waals surface area contributed by atoms with Gasteiger partial charge in [-0.1, -0.05) is 133 Å². The molecule has 0 atom stereocenters. The number of benzene rings is 11. The summed E-state index contributed by atoms with van der Waals surface area (Å²) in [5.74, 6) is 0. The third-order valence-electron chi connectivity index (χ3n) is 11.5. The number of hydrogen-bond donors (Lipinski definition) is 0. The molecular formula is C48H24S2. The smallest absolute Gasteiger partial charge is 0.0440 e. The van der Waals surface area contributed by atoms with Crippen molar-refractivity contribution in [3.8, 4) is 20.9 Å². The highest BCUT2D eigenvalue weighted by Crippen LogP contribution is 2.55. The monoisotopic (exact) mass is 664 g/mol. The minimum Gasteiger partial charge on any atom is -0.134 e. The van der Waals surface area contributed by atoms with Crippen molar-refractivity contribution in [2.75, 3.05) is 0 Å². The Hall–Kier alpha value is -5.80. The van der Waals surface area contributed by atoms with Gasteiger partial charge in [-0.2, -0.15) is 0 Å². The molecule has 0 bridgehead atoms. The molecule has 13 aromatic rings. The lowest BCUT2D eigenvalue weighted by molar-refractivity contribution is 1.77. The van der Waals surface area contributed by atoms with Gasteiger partial charge in [0.05, 0.1) is 0 Å². The Morgan fingerprint density at radius 3 is 1.04 bits per heavy atom. The maximum Gasteiger partial charge on any atom is 0.0440 e. The minimum atomic E-state index is 1.31. The second-order valence-electron chi connectivity index (χ2n) is 13.9. The van der Waals surface area contributed by atoms with Crippen LogP contribution >= 0.6 is 22.7 Å². The van der Waals surface area contributed by atoms with Crippen LogP contribution in [0.4, 0.5) is 0 Å². The molecule has 228 valence electrons. The first kappa shape index (κ1) is 26.1. The van der Waals surface area contributed by atoms with Gasteiger partial charge in [0.1, 0.15) is 0 Å². The Kier molecular flexibility index (Phi) is 4.73. The van der Waals surface area contributed by atoms with Gasteiger partial charge >= 0.3 is 0 Å². The van der Waals surface area contributed by atoms with E-state index in [0.29, 0.717) is 0 Å². The predicted octanol–water partition coefficient (Wildman–Crippen LogP) is 15.0.